The van der Waals surface area contributed by atoms with Gasteiger partial charge in [-0.05, 0) is 170 Å². The zero-order chi connectivity index (χ0) is 79.5. The number of hydrogen-bond donors (Lipinski definition) is 6. The number of ether oxygens (including phenoxy) is 2. The summed E-state index contributed by atoms with van der Waals surface area (Å²) in [6.07, 6.45) is 4.55. The highest BCUT2D eigenvalue weighted by molar-refractivity contribution is 6.05. The van der Waals surface area contributed by atoms with Gasteiger partial charge in [-0.25, -0.2) is 24.0 Å². The fourth-order valence-corrected chi connectivity index (χ4v) is 11.6. The molecule has 0 saturated carbocycles. The van der Waals surface area contributed by atoms with E-state index < -0.39 is 82.4 Å². The van der Waals surface area contributed by atoms with Gasteiger partial charge in [-0.2, -0.15) is 15.0 Å². The van der Waals surface area contributed by atoms with Gasteiger partial charge in [-0.3, -0.25) is 42.5 Å². The Labute approximate surface area is 632 Å². The maximum Gasteiger partial charge on any atom is 0.407 e. The van der Waals surface area contributed by atoms with Crippen LogP contribution in [0.5, 0.6) is 0 Å². The Morgan fingerprint density at radius 1 is 0.407 bits per heavy atom. The molecule has 3 atom stereocenters. The van der Waals surface area contributed by atoms with Gasteiger partial charge in [-0.15, -0.1) is 0 Å². The quantitative estimate of drug-likeness (QED) is 0.0220. The van der Waals surface area contributed by atoms with Gasteiger partial charge in [-0.1, -0.05) is 132 Å². The lowest BCUT2D eigenvalue weighted by Crippen LogP contribution is -2.43. The summed E-state index contributed by atoms with van der Waals surface area (Å²) >= 11 is 0. The molecule has 578 valence electrons. The number of nitrogens with zero attached hydrogens (tertiary/aromatic N) is 7. The summed E-state index contributed by atoms with van der Waals surface area (Å²) in [5.41, 5.74) is 2.07. The lowest BCUT2D eigenvalue weighted by atomic mass is 9.86. The maximum atomic E-state index is 14.2. The fourth-order valence-electron chi connectivity index (χ4n) is 11.6. The number of amides is 7. The van der Waals surface area contributed by atoms with E-state index in [9.17, 15) is 52.7 Å². The van der Waals surface area contributed by atoms with Crippen molar-refractivity contribution < 1.29 is 47.8 Å². The molecule has 7 amide bonds. The van der Waals surface area contributed by atoms with Crippen molar-refractivity contribution in [1.29, 1.82) is 0 Å². The highest BCUT2D eigenvalue weighted by Crippen LogP contribution is 2.27. The van der Waals surface area contributed by atoms with E-state index in [0.29, 0.717) is 22.3 Å². The number of carbonyl (C=O) groups is 8. The molecule has 0 bridgehead atoms. The third-order valence-electron chi connectivity index (χ3n) is 18.0. The number of rotatable bonds is 31. The van der Waals surface area contributed by atoms with E-state index in [0.717, 1.165) is 22.3 Å². The molecule has 3 aromatic heterocycles. The minimum absolute atomic E-state index is 0.00688. The molecule has 0 spiro atoms. The van der Waals surface area contributed by atoms with Crippen molar-refractivity contribution in [2.45, 2.75) is 227 Å². The third kappa shape index (κ3) is 26.8. The summed E-state index contributed by atoms with van der Waals surface area (Å²) < 4.78 is 14.9. The van der Waals surface area contributed by atoms with Crippen LogP contribution in [0.2, 0.25) is 0 Å². The third-order valence-corrected chi connectivity index (χ3v) is 18.0. The monoisotopic (exact) mass is 1480 g/mol. The molecule has 3 heterocycles. The van der Waals surface area contributed by atoms with Crippen molar-refractivity contribution in [2.75, 3.05) is 36.1 Å². The van der Waals surface area contributed by atoms with E-state index in [4.69, 9.17) is 9.47 Å². The van der Waals surface area contributed by atoms with Crippen LogP contribution in [0.4, 0.5) is 22.2 Å². The van der Waals surface area contributed by atoms with Crippen molar-refractivity contribution >= 4 is 65.0 Å². The number of nitrogens with one attached hydrogen (secondary N) is 6. The van der Waals surface area contributed by atoms with Crippen LogP contribution in [-0.4, -0.2) is 125 Å². The van der Waals surface area contributed by atoms with Gasteiger partial charge in [0.15, 0.2) is 0 Å². The summed E-state index contributed by atoms with van der Waals surface area (Å²) in [6.45, 7) is 29.7. The van der Waals surface area contributed by atoms with E-state index in [-0.39, 0.29) is 136 Å². The number of benzene rings is 4. The first-order valence-corrected chi connectivity index (χ1v) is 36.6. The second-order valence-corrected chi connectivity index (χ2v) is 32.4. The van der Waals surface area contributed by atoms with Crippen LogP contribution in [0.25, 0.3) is 0 Å². The summed E-state index contributed by atoms with van der Waals surface area (Å²) in [7, 11) is 1.60. The van der Waals surface area contributed by atoms with Gasteiger partial charge in [0.25, 0.3) is 17.7 Å². The van der Waals surface area contributed by atoms with Crippen LogP contribution in [0, 0.1) is 0 Å². The van der Waals surface area contributed by atoms with Crippen molar-refractivity contribution in [3.63, 3.8) is 0 Å². The fraction of sp³-hybridized carbons (Fsp3) is 0.463. The predicted octanol–water partition coefficient (Wildman–Crippen LogP) is 11.4. The average molecular weight is 1480 g/mol. The Bertz CT molecular complexity index is 4480. The summed E-state index contributed by atoms with van der Waals surface area (Å²) in [5, 5.41) is 16.9. The molecule has 7 aromatic rings. The Balaban J connectivity index is 1.04. The van der Waals surface area contributed by atoms with Gasteiger partial charge in [0.1, 0.15) is 29.7 Å². The van der Waals surface area contributed by atoms with Gasteiger partial charge >= 0.3 is 29.1 Å². The number of anilines is 3. The maximum absolute atomic E-state index is 14.2. The van der Waals surface area contributed by atoms with Crippen LogP contribution >= 0.6 is 0 Å². The van der Waals surface area contributed by atoms with Crippen molar-refractivity contribution in [1.82, 2.24) is 49.5 Å². The zero-order valence-electron chi connectivity index (χ0n) is 65.3. The zero-order valence-corrected chi connectivity index (χ0v) is 65.3. The Hall–Kier alpha value is -10.9. The molecule has 0 radical (unpaired) electrons. The molecule has 7 rings (SSSR count). The predicted molar refractivity (Wildman–Crippen MR) is 416 cm³/mol. The number of aromatic nitrogens is 6. The highest BCUT2D eigenvalue weighted by atomic mass is 16.6. The number of alkyl carbamates (subject to hydrolysis) is 1. The van der Waals surface area contributed by atoms with Crippen LogP contribution in [-0.2, 0) is 65.2 Å². The van der Waals surface area contributed by atoms with Gasteiger partial charge in [0, 0.05) is 93.3 Å². The molecular weight excluding hydrogens is 1370 g/mol. The van der Waals surface area contributed by atoms with Crippen molar-refractivity contribution in [2.24, 2.45) is 0 Å². The highest BCUT2D eigenvalue weighted by Gasteiger charge is 2.26. The number of likely N-dealkylation sites (N-methyl/N-ethyl adjacent to an activating group) is 1. The van der Waals surface area contributed by atoms with E-state index >= 15 is 0 Å². The second-order valence-electron chi connectivity index (χ2n) is 32.4. The van der Waals surface area contributed by atoms with Crippen LogP contribution in [0.15, 0.2) is 148 Å². The molecule has 0 aliphatic heterocycles. The average Bonchev–Trinajstić information content (AvgIpc) is 0.851. The minimum Gasteiger partial charge on any atom is -0.460 e. The first-order chi connectivity index (χ1) is 50.6. The largest absolute Gasteiger partial charge is 0.460 e. The first-order valence-electron chi connectivity index (χ1n) is 36.6. The summed E-state index contributed by atoms with van der Waals surface area (Å²) in [5.74, 6) is -3.05. The molecule has 26 nitrogen and oxygen atoms in total. The van der Waals surface area contributed by atoms with Crippen molar-refractivity contribution in [3.8, 4) is 0 Å². The van der Waals surface area contributed by atoms with E-state index in [1.165, 1.54) is 55.4 Å². The normalized spacial score (nSPS) is 12.7. The number of esters is 1. The van der Waals surface area contributed by atoms with Crippen LogP contribution in [0.3, 0.4) is 0 Å². The SMILES string of the molecule is CN(CCOC(=O)c1ccc(C(C)(C)C)cc1)C(=O)CCCC(Cn1ccc(NC(=O)c2ccc(C(C)(C)C)cc2)nc1=O)NC(=O)CCCC(Cn1ccc(NC(=O)c2ccc(C(C)(C)C)cc2)nc1=O)NC(=O)CCCC(Cn1ccc(NC(=O)c2ccc(C(C)(C)C)cc2)nc1=O)NC(=O)OC(C)(C)C. The molecule has 6 N–H and O–H groups in total. The van der Waals surface area contributed by atoms with E-state index in [2.05, 4.69) is 130 Å². The first kappa shape index (κ1) is 84.3. The summed E-state index contributed by atoms with van der Waals surface area (Å²) in [4.78, 5) is 163. The molecule has 0 saturated heterocycles. The standard InChI is InChI=1S/C82H107N13O13/c1-78(2,3)57-34-26-53(27-35-57)70(99)86-64-42-45-93(74(103)89-64)50-61(83-68(97)24-18-21-63(85-77(106)108-82(13,14)15)52-95-47-44-66(91-76(95)105)88-72(101)55-30-38-59(39-31-55)80(7,8)9)20-17-23-67(96)84-62(22-19-25-69(98)92(16)48-49-107-73(102)56-32-40-60(41-33-56)81(10,11)12)51-94-46-43-65(90-75(94)104)87-71(100)54-28-36-58(37-29-54)79(4,5)6/h26-47,61-63H,17-25,48-52H2,1-16H3,(H,83,97)(H,84,96)(H,85,106)(H,86,89,99,103)(H,87,90,100,104)(H,88,91,101,105). The smallest absolute Gasteiger partial charge is 0.407 e. The van der Waals surface area contributed by atoms with Gasteiger partial charge < -0.3 is 46.3 Å². The Morgan fingerprint density at radius 2 is 0.704 bits per heavy atom. The lowest BCUT2D eigenvalue weighted by Gasteiger charge is -2.24. The van der Waals surface area contributed by atoms with E-state index in [1.807, 2.05) is 48.5 Å². The molecular formula is C82H107N13O13. The topological polar surface area (TPSA) is 335 Å². The summed E-state index contributed by atoms with van der Waals surface area (Å²) in [6, 6.07) is 30.6. The van der Waals surface area contributed by atoms with Crippen LogP contribution in [0.1, 0.15) is 225 Å². The number of hydrogen-bond acceptors (Lipinski definition) is 16. The molecule has 108 heavy (non-hydrogen) atoms. The molecule has 0 fully saturated rings. The Kier molecular flexibility index (Phi) is 28.9. The molecule has 0 aliphatic rings. The molecule has 3 unspecified atom stereocenters. The molecule has 26 heteroatoms. The van der Waals surface area contributed by atoms with Crippen molar-refractivity contribution in [3.05, 3.63) is 210 Å². The van der Waals surface area contributed by atoms with Gasteiger partial charge in [0.05, 0.1) is 18.2 Å². The van der Waals surface area contributed by atoms with Crippen LogP contribution < -0.4 is 49.0 Å². The Morgan fingerprint density at radius 3 is 1.00 bits per heavy atom. The van der Waals surface area contributed by atoms with Gasteiger partial charge in [0.2, 0.25) is 17.7 Å². The van der Waals surface area contributed by atoms with E-state index in [1.54, 1.807) is 76.3 Å². The lowest BCUT2D eigenvalue weighted by molar-refractivity contribution is -0.130. The second kappa shape index (κ2) is 37.1. The minimum atomic E-state index is -0.875. The molecule has 4 aromatic carbocycles. The number of carbonyl (C=O) groups excluding carboxylic acids is 8. The molecule has 0 aliphatic carbocycles.